The SMILES string of the molecule is CC(C)C1NC(C)(C(=O)O)NC1=O. The van der Waals surface area contributed by atoms with Crippen molar-refractivity contribution in [2.45, 2.75) is 32.5 Å². The molecule has 0 spiro atoms. The van der Waals surface area contributed by atoms with Crippen LogP contribution in [0.5, 0.6) is 0 Å². The normalized spacial score (nSPS) is 33.5. The summed E-state index contributed by atoms with van der Waals surface area (Å²) in [5.41, 5.74) is -1.31. The molecule has 13 heavy (non-hydrogen) atoms. The van der Waals surface area contributed by atoms with Crippen LogP contribution in [-0.2, 0) is 9.59 Å². The highest BCUT2D eigenvalue weighted by atomic mass is 16.4. The van der Waals surface area contributed by atoms with Gasteiger partial charge in [-0.2, -0.15) is 0 Å². The first-order chi connectivity index (χ1) is 5.87. The summed E-state index contributed by atoms with van der Waals surface area (Å²) < 4.78 is 0. The lowest BCUT2D eigenvalue weighted by Gasteiger charge is -2.19. The summed E-state index contributed by atoms with van der Waals surface area (Å²) in [5.74, 6) is -1.23. The van der Waals surface area contributed by atoms with E-state index in [4.69, 9.17) is 5.11 Å². The monoisotopic (exact) mass is 186 g/mol. The third-order valence-electron chi connectivity index (χ3n) is 2.19. The van der Waals surface area contributed by atoms with Crippen LogP contribution in [0.1, 0.15) is 20.8 Å². The molecule has 1 heterocycles. The Kier molecular flexibility index (Phi) is 2.30. The summed E-state index contributed by atoms with van der Waals surface area (Å²) >= 11 is 0. The zero-order valence-electron chi connectivity index (χ0n) is 7.92. The molecular weight excluding hydrogens is 172 g/mol. The number of carboxylic acid groups (broad SMARTS) is 1. The number of nitrogens with one attached hydrogen (secondary N) is 2. The number of hydrogen-bond acceptors (Lipinski definition) is 3. The molecule has 0 aromatic heterocycles. The first kappa shape index (κ1) is 9.98. The van der Waals surface area contributed by atoms with Gasteiger partial charge in [0.25, 0.3) is 0 Å². The molecule has 0 aliphatic carbocycles. The van der Waals surface area contributed by atoms with Gasteiger partial charge in [0.05, 0.1) is 6.04 Å². The van der Waals surface area contributed by atoms with Gasteiger partial charge in [-0.3, -0.25) is 10.1 Å². The van der Waals surface area contributed by atoms with Gasteiger partial charge in [-0.25, -0.2) is 4.79 Å². The van der Waals surface area contributed by atoms with Crippen molar-refractivity contribution >= 4 is 11.9 Å². The van der Waals surface area contributed by atoms with Crippen molar-refractivity contribution < 1.29 is 14.7 Å². The van der Waals surface area contributed by atoms with E-state index in [1.165, 1.54) is 6.92 Å². The lowest BCUT2D eigenvalue weighted by atomic mass is 10.1. The van der Waals surface area contributed by atoms with E-state index < -0.39 is 17.7 Å². The van der Waals surface area contributed by atoms with Gasteiger partial charge >= 0.3 is 5.97 Å². The number of carbonyl (C=O) groups is 2. The van der Waals surface area contributed by atoms with Crippen LogP contribution < -0.4 is 10.6 Å². The third kappa shape index (κ3) is 1.65. The van der Waals surface area contributed by atoms with Gasteiger partial charge in [-0.1, -0.05) is 13.8 Å². The van der Waals surface area contributed by atoms with Gasteiger partial charge in [0, 0.05) is 0 Å². The Morgan fingerprint density at radius 2 is 2.15 bits per heavy atom. The Balaban J connectivity index is 2.81. The summed E-state index contributed by atoms with van der Waals surface area (Å²) in [7, 11) is 0. The van der Waals surface area contributed by atoms with E-state index >= 15 is 0 Å². The maximum Gasteiger partial charge on any atom is 0.344 e. The molecule has 3 N–H and O–H groups in total. The van der Waals surface area contributed by atoms with Gasteiger partial charge in [-0.15, -0.1) is 0 Å². The van der Waals surface area contributed by atoms with Gasteiger partial charge in [0.2, 0.25) is 5.91 Å². The predicted octanol–water partition coefficient (Wildman–Crippen LogP) is -0.469. The molecule has 1 rings (SSSR count). The van der Waals surface area contributed by atoms with Crippen molar-refractivity contribution in [3.05, 3.63) is 0 Å². The Labute approximate surface area is 76.5 Å². The Morgan fingerprint density at radius 1 is 1.62 bits per heavy atom. The van der Waals surface area contributed by atoms with E-state index in [1.807, 2.05) is 13.8 Å². The predicted molar refractivity (Wildman–Crippen MR) is 45.9 cm³/mol. The highest BCUT2D eigenvalue weighted by Gasteiger charge is 2.46. The summed E-state index contributed by atoms with van der Waals surface area (Å²) in [5, 5.41) is 14.0. The topological polar surface area (TPSA) is 78.4 Å². The van der Waals surface area contributed by atoms with Crippen LogP contribution in [-0.4, -0.2) is 28.7 Å². The number of aliphatic carboxylic acids is 1. The molecule has 2 unspecified atom stereocenters. The number of amides is 1. The molecule has 1 aliphatic heterocycles. The second-order valence-corrected chi connectivity index (χ2v) is 3.79. The molecule has 74 valence electrons. The Bertz CT molecular complexity index is 252. The summed E-state index contributed by atoms with van der Waals surface area (Å²) in [4.78, 5) is 22.1. The molecule has 0 aromatic rings. The van der Waals surface area contributed by atoms with Crippen molar-refractivity contribution in [3.8, 4) is 0 Å². The van der Waals surface area contributed by atoms with Crippen molar-refractivity contribution in [2.75, 3.05) is 0 Å². The fourth-order valence-corrected chi connectivity index (χ4v) is 1.32. The zero-order valence-corrected chi connectivity index (χ0v) is 7.92. The maximum absolute atomic E-state index is 11.3. The van der Waals surface area contributed by atoms with E-state index in [2.05, 4.69) is 10.6 Å². The second-order valence-electron chi connectivity index (χ2n) is 3.79. The lowest BCUT2D eigenvalue weighted by Crippen LogP contribution is -2.54. The molecular formula is C8H14N2O3. The second kappa shape index (κ2) is 2.99. The van der Waals surface area contributed by atoms with E-state index in [1.54, 1.807) is 0 Å². The van der Waals surface area contributed by atoms with Gasteiger partial charge in [-0.05, 0) is 12.8 Å². The molecule has 2 atom stereocenters. The van der Waals surface area contributed by atoms with Gasteiger partial charge < -0.3 is 10.4 Å². The van der Waals surface area contributed by atoms with Gasteiger partial charge in [0.15, 0.2) is 5.66 Å². The fraction of sp³-hybridized carbons (Fsp3) is 0.750. The number of carboxylic acids is 1. The molecule has 0 bridgehead atoms. The Morgan fingerprint density at radius 3 is 2.38 bits per heavy atom. The first-order valence-electron chi connectivity index (χ1n) is 4.20. The number of rotatable bonds is 2. The molecule has 5 nitrogen and oxygen atoms in total. The summed E-state index contributed by atoms with van der Waals surface area (Å²) in [6.07, 6.45) is 0. The number of carbonyl (C=O) groups excluding carboxylic acids is 1. The van der Waals surface area contributed by atoms with Crippen molar-refractivity contribution in [2.24, 2.45) is 5.92 Å². The molecule has 5 heteroatoms. The first-order valence-corrected chi connectivity index (χ1v) is 4.20. The van der Waals surface area contributed by atoms with E-state index in [0.29, 0.717) is 0 Å². The average Bonchev–Trinajstić information content (AvgIpc) is 2.28. The summed E-state index contributed by atoms with van der Waals surface area (Å²) in [6.45, 7) is 5.17. The number of hydrogen-bond donors (Lipinski definition) is 3. The van der Waals surface area contributed by atoms with Crippen LogP contribution in [0.25, 0.3) is 0 Å². The smallest absolute Gasteiger partial charge is 0.344 e. The standard InChI is InChI=1S/C8H14N2O3/c1-4(2)5-6(11)10-8(3,9-5)7(12)13/h4-5,9H,1-3H3,(H,10,11)(H,12,13). The van der Waals surface area contributed by atoms with Crippen LogP contribution in [0.2, 0.25) is 0 Å². The molecule has 1 aliphatic rings. The molecule has 0 radical (unpaired) electrons. The highest BCUT2D eigenvalue weighted by molar-refractivity contribution is 5.93. The largest absolute Gasteiger partial charge is 0.478 e. The molecule has 1 fully saturated rings. The maximum atomic E-state index is 11.3. The van der Waals surface area contributed by atoms with Crippen molar-refractivity contribution in [1.29, 1.82) is 0 Å². The molecule has 1 saturated heterocycles. The minimum atomic E-state index is -1.31. The molecule has 1 amide bonds. The molecule has 0 aromatic carbocycles. The lowest BCUT2D eigenvalue weighted by molar-refractivity contribution is -0.145. The Hall–Kier alpha value is -1.10. The van der Waals surface area contributed by atoms with Crippen LogP contribution >= 0.6 is 0 Å². The average molecular weight is 186 g/mol. The zero-order chi connectivity index (χ0) is 10.2. The fourth-order valence-electron chi connectivity index (χ4n) is 1.32. The molecule has 0 saturated carbocycles. The third-order valence-corrected chi connectivity index (χ3v) is 2.19. The van der Waals surface area contributed by atoms with Crippen molar-refractivity contribution in [3.63, 3.8) is 0 Å². The van der Waals surface area contributed by atoms with Crippen LogP contribution in [0.15, 0.2) is 0 Å². The quantitative estimate of drug-likeness (QED) is 0.545. The summed E-state index contributed by atoms with van der Waals surface area (Å²) in [6, 6.07) is -0.416. The minimum absolute atomic E-state index is 0.0844. The van der Waals surface area contributed by atoms with Crippen molar-refractivity contribution in [1.82, 2.24) is 10.6 Å². The van der Waals surface area contributed by atoms with E-state index in [0.717, 1.165) is 0 Å². The van der Waals surface area contributed by atoms with Gasteiger partial charge in [0.1, 0.15) is 0 Å². The van der Waals surface area contributed by atoms with E-state index in [-0.39, 0.29) is 11.8 Å². The van der Waals surface area contributed by atoms with Crippen LogP contribution in [0.4, 0.5) is 0 Å². The van der Waals surface area contributed by atoms with E-state index in [9.17, 15) is 9.59 Å². The highest BCUT2D eigenvalue weighted by Crippen LogP contribution is 2.15. The van der Waals surface area contributed by atoms with Crippen LogP contribution in [0.3, 0.4) is 0 Å². The van der Waals surface area contributed by atoms with Crippen LogP contribution in [0, 0.1) is 5.92 Å². The minimum Gasteiger partial charge on any atom is -0.478 e.